The molecule has 1 unspecified atom stereocenters. The molecule has 0 aromatic carbocycles. The zero-order valence-electron chi connectivity index (χ0n) is 11.0. The van der Waals surface area contributed by atoms with Gasteiger partial charge in [-0.2, -0.15) is 0 Å². The minimum Gasteiger partial charge on any atom is -0.363 e. The van der Waals surface area contributed by atoms with Gasteiger partial charge in [0.1, 0.15) is 0 Å². The predicted octanol–water partition coefficient (Wildman–Crippen LogP) is 3.27. The van der Waals surface area contributed by atoms with Gasteiger partial charge < -0.3 is 5.11 Å². The Morgan fingerprint density at radius 1 is 1.13 bits per heavy atom. The van der Waals surface area contributed by atoms with E-state index in [0.29, 0.717) is 12.3 Å². The van der Waals surface area contributed by atoms with E-state index in [1.54, 1.807) is 6.92 Å². The van der Waals surface area contributed by atoms with Crippen LogP contribution in [0.15, 0.2) is 0 Å². The molecule has 0 saturated heterocycles. The number of rotatable bonds is 7. The van der Waals surface area contributed by atoms with E-state index in [1.807, 2.05) is 20.8 Å². The summed E-state index contributed by atoms with van der Waals surface area (Å²) in [7, 11) is 0. The van der Waals surface area contributed by atoms with Gasteiger partial charge in [-0.05, 0) is 39.5 Å². The summed E-state index contributed by atoms with van der Waals surface area (Å²) in [6.07, 6.45) is 2.35. The summed E-state index contributed by atoms with van der Waals surface area (Å²) >= 11 is 0. The van der Waals surface area contributed by atoms with Gasteiger partial charge in [0.25, 0.3) is 0 Å². The first-order chi connectivity index (χ1) is 6.68. The Labute approximate surface area is 93.7 Å². The number of hydrogen-bond acceptors (Lipinski definition) is 3. The molecule has 0 fully saturated rings. The van der Waals surface area contributed by atoms with Crippen LogP contribution >= 0.6 is 0 Å². The van der Waals surface area contributed by atoms with Crippen LogP contribution in [0.4, 0.5) is 0 Å². The Kier molecular flexibility index (Phi) is 5.78. The first kappa shape index (κ1) is 14.9. The fraction of sp³-hybridized carbons (Fsp3) is 1.00. The third-order valence-electron chi connectivity index (χ3n) is 2.48. The van der Waals surface area contributed by atoms with Crippen molar-refractivity contribution in [3.05, 3.63) is 0 Å². The second-order valence-electron chi connectivity index (χ2n) is 5.39. The highest BCUT2D eigenvalue weighted by atomic mass is 17.2. The summed E-state index contributed by atoms with van der Waals surface area (Å²) in [6, 6.07) is 0. The van der Waals surface area contributed by atoms with Crippen LogP contribution in [-0.4, -0.2) is 16.5 Å². The molecular formula is C12H26O3. The van der Waals surface area contributed by atoms with Gasteiger partial charge in [0.2, 0.25) is 0 Å². The summed E-state index contributed by atoms with van der Waals surface area (Å²) in [5.74, 6) is -0.629. The lowest BCUT2D eigenvalue weighted by atomic mass is 10.0. The van der Waals surface area contributed by atoms with Gasteiger partial charge in [-0.3, -0.25) is 0 Å². The topological polar surface area (TPSA) is 38.7 Å². The second kappa shape index (κ2) is 5.83. The van der Waals surface area contributed by atoms with Crippen LogP contribution in [0, 0.1) is 5.92 Å². The SMILES string of the molecule is CCC(C)(C)OOC(C)(O)CCC(C)C. The highest BCUT2D eigenvalue weighted by molar-refractivity contribution is 4.64. The predicted molar refractivity (Wildman–Crippen MR) is 61.2 cm³/mol. The van der Waals surface area contributed by atoms with Crippen LogP contribution in [0.5, 0.6) is 0 Å². The average Bonchev–Trinajstić information content (AvgIpc) is 2.13. The molecule has 15 heavy (non-hydrogen) atoms. The lowest BCUT2D eigenvalue weighted by molar-refractivity contribution is -0.451. The summed E-state index contributed by atoms with van der Waals surface area (Å²) in [5, 5.41) is 9.87. The van der Waals surface area contributed by atoms with Gasteiger partial charge >= 0.3 is 0 Å². The first-order valence-corrected chi connectivity index (χ1v) is 5.78. The minimum atomic E-state index is -1.18. The Morgan fingerprint density at radius 3 is 2.07 bits per heavy atom. The smallest absolute Gasteiger partial charge is 0.196 e. The molecule has 0 aliphatic heterocycles. The molecule has 0 amide bonds. The fourth-order valence-corrected chi connectivity index (χ4v) is 0.860. The normalized spacial score (nSPS) is 16.8. The zero-order chi connectivity index (χ0) is 12.1. The lowest BCUT2D eigenvalue weighted by Crippen LogP contribution is -2.34. The Bertz CT molecular complexity index is 174. The van der Waals surface area contributed by atoms with Crippen LogP contribution in [0.2, 0.25) is 0 Å². The van der Waals surface area contributed by atoms with Crippen molar-refractivity contribution < 1.29 is 14.9 Å². The van der Waals surface area contributed by atoms with E-state index in [4.69, 9.17) is 9.78 Å². The van der Waals surface area contributed by atoms with Crippen molar-refractivity contribution in [2.45, 2.75) is 72.2 Å². The largest absolute Gasteiger partial charge is 0.363 e. The van der Waals surface area contributed by atoms with E-state index in [1.165, 1.54) is 0 Å². The van der Waals surface area contributed by atoms with E-state index >= 15 is 0 Å². The van der Waals surface area contributed by atoms with Crippen molar-refractivity contribution in [3.63, 3.8) is 0 Å². The molecule has 0 aromatic heterocycles. The molecule has 92 valence electrons. The third-order valence-corrected chi connectivity index (χ3v) is 2.48. The molecule has 0 heterocycles. The monoisotopic (exact) mass is 218 g/mol. The van der Waals surface area contributed by atoms with Gasteiger partial charge in [0.05, 0.1) is 5.60 Å². The van der Waals surface area contributed by atoms with E-state index in [9.17, 15) is 5.11 Å². The van der Waals surface area contributed by atoms with Gasteiger partial charge in [0, 0.05) is 6.42 Å². The van der Waals surface area contributed by atoms with Crippen molar-refractivity contribution in [1.29, 1.82) is 0 Å². The van der Waals surface area contributed by atoms with Crippen LogP contribution in [0.1, 0.15) is 60.8 Å². The fourth-order valence-electron chi connectivity index (χ4n) is 0.860. The van der Waals surface area contributed by atoms with Gasteiger partial charge in [-0.25, -0.2) is 9.78 Å². The standard InChI is InChI=1S/C12H26O3/c1-7-11(4,5)14-15-12(6,13)9-8-10(2)3/h10,13H,7-9H2,1-6H3. The molecule has 0 aliphatic carbocycles. The van der Waals surface area contributed by atoms with Gasteiger partial charge in [0.15, 0.2) is 5.79 Å². The summed E-state index contributed by atoms with van der Waals surface area (Å²) in [5.41, 5.74) is -0.345. The van der Waals surface area contributed by atoms with Gasteiger partial charge in [-0.1, -0.05) is 20.8 Å². The molecule has 1 N–H and O–H groups in total. The molecule has 0 radical (unpaired) electrons. The van der Waals surface area contributed by atoms with Crippen LogP contribution < -0.4 is 0 Å². The van der Waals surface area contributed by atoms with Gasteiger partial charge in [-0.15, -0.1) is 0 Å². The first-order valence-electron chi connectivity index (χ1n) is 5.78. The van der Waals surface area contributed by atoms with Crippen LogP contribution in [0.25, 0.3) is 0 Å². The molecule has 1 atom stereocenters. The quantitative estimate of drug-likeness (QED) is 0.405. The van der Waals surface area contributed by atoms with Crippen molar-refractivity contribution >= 4 is 0 Å². The zero-order valence-corrected chi connectivity index (χ0v) is 11.0. The number of aliphatic hydroxyl groups is 1. The molecule has 0 rings (SSSR count). The molecule has 3 nitrogen and oxygen atoms in total. The minimum absolute atomic E-state index is 0.345. The highest BCUT2D eigenvalue weighted by Crippen LogP contribution is 2.22. The van der Waals surface area contributed by atoms with E-state index in [0.717, 1.165) is 12.8 Å². The third kappa shape index (κ3) is 7.77. The van der Waals surface area contributed by atoms with Crippen molar-refractivity contribution in [1.82, 2.24) is 0 Å². The maximum Gasteiger partial charge on any atom is 0.196 e. The van der Waals surface area contributed by atoms with Crippen molar-refractivity contribution in [2.75, 3.05) is 0 Å². The summed E-state index contributed by atoms with van der Waals surface area (Å²) < 4.78 is 0. The van der Waals surface area contributed by atoms with Crippen LogP contribution in [0.3, 0.4) is 0 Å². The average molecular weight is 218 g/mol. The lowest BCUT2D eigenvalue weighted by Gasteiger charge is -2.29. The molecule has 0 bridgehead atoms. The van der Waals surface area contributed by atoms with Crippen molar-refractivity contribution in [2.24, 2.45) is 5.92 Å². The van der Waals surface area contributed by atoms with E-state index in [2.05, 4.69) is 13.8 Å². The highest BCUT2D eigenvalue weighted by Gasteiger charge is 2.27. The Balaban J connectivity index is 3.93. The maximum absolute atomic E-state index is 9.87. The second-order valence-corrected chi connectivity index (χ2v) is 5.39. The maximum atomic E-state index is 9.87. The molecule has 0 aromatic rings. The number of hydrogen-bond donors (Lipinski definition) is 1. The molecule has 0 spiro atoms. The van der Waals surface area contributed by atoms with E-state index in [-0.39, 0.29) is 5.60 Å². The Morgan fingerprint density at radius 2 is 1.67 bits per heavy atom. The van der Waals surface area contributed by atoms with Crippen LogP contribution in [-0.2, 0) is 9.78 Å². The van der Waals surface area contributed by atoms with E-state index < -0.39 is 5.79 Å². The van der Waals surface area contributed by atoms with Crippen molar-refractivity contribution in [3.8, 4) is 0 Å². The summed E-state index contributed by atoms with van der Waals surface area (Å²) in [4.78, 5) is 10.3. The Hall–Kier alpha value is -0.120. The molecular weight excluding hydrogens is 192 g/mol. The molecule has 3 heteroatoms. The molecule has 0 aliphatic rings. The molecule has 0 saturated carbocycles. The summed E-state index contributed by atoms with van der Waals surface area (Å²) in [6.45, 7) is 11.8.